The van der Waals surface area contributed by atoms with Crippen molar-refractivity contribution in [2.75, 3.05) is 0 Å². The molecule has 0 fully saturated rings. The normalized spacial score (nSPS) is 16.1. The summed E-state index contributed by atoms with van der Waals surface area (Å²) in [6, 6.07) is 0. The molecule has 0 saturated heterocycles. The van der Waals surface area contributed by atoms with E-state index in [1.165, 1.54) is 0 Å². The highest BCUT2D eigenvalue weighted by molar-refractivity contribution is 6.19. The summed E-state index contributed by atoms with van der Waals surface area (Å²) in [6.07, 6.45) is 2.42. The van der Waals surface area contributed by atoms with E-state index in [1.54, 1.807) is 0 Å². The Balaban J connectivity index is 3.45. The van der Waals surface area contributed by atoms with Gasteiger partial charge >= 0.3 is 0 Å². The van der Waals surface area contributed by atoms with Crippen LogP contribution >= 0.6 is 0 Å². The first-order valence-corrected chi connectivity index (χ1v) is 3.11. The van der Waals surface area contributed by atoms with Gasteiger partial charge in [-0.25, -0.2) is 0 Å². The molecule has 3 heteroatoms. The standard InChI is InChI=1S/C6H11BO2/c1-5(3-8)2-6(7)4-9/h3-6H,2,7H2,1H3. The van der Waals surface area contributed by atoms with Gasteiger partial charge in [-0.15, -0.1) is 0 Å². The third-order valence-corrected chi connectivity index (χ3v) is 1.21. The van der Waals surface area contributed by atoms with Gasteiger partial charge in [0, 0.05) is 5.92 Å². The molecule has 9 heavy (non-hydrogen) atoms. The predicted molar refractivity (Wildman–Crippen MR) is 38.2 cm³/mol. The van der Waals surface area contributed by atoms with Crippen LogP contribution in [0, 0.1) is 5.92 Å². The molecule has 0 aliphatic rings. The fraction of sp³-hybridized carbons (Fsp3) is 0.667. The van der Waals surface area contributed by atoms with Gasteiger partial charge in [0.15, 0.2) is 0 Å². The lowest BCUT2D eigenvalue weighted by Crippen LogP contribution is -2.02. The molecule has 0 heterocycles. The van der Waals surface area contributed by atoms with Crippen LogP contribution in [0.5, 0.6) is 0 Å². The molecular formula is C6H11BO2. The second kappa shape index (κ2) is 4.30. The van der Waals surface area contributed by atoms with E-state index in [0.29, 0.717) is 6.42 Å². The number of rotatable bonds is 4. The third kappa shape index (κ3) is 3.95. The quantitative estimate of drug-likeness (QED) is 0.387. The zero-order chi connectivity index (χ0) is 7.28. The van der Waals surface area contributed by atoms with E-state index >= 15 is 0 Å². The van der Waals surface area contributed by atoms with Gasteiger partial charge in [-0.1, -0.05) is 6.92 Å². The molecule has 0 saturated carbocycles. The Labute approximate surface area is 56.0 Å². The van der Waals surface area contributed by atoms with Gasteiger partial charge in [-0.3, -0.25) is 0 Å². The van der Waals surface area contributed by atoms with Crippen molar-refractivity contribution in [3.05, 3.63) is 0 Å². The molecule has 2 unspecified atom stereocenters. The molecule has 50 valence electrons. The Morgan fingerprint density at radius 1 is 1.44 bits per heavy atom. The average Bonchev–Trinajstić information content (AvgIpc) is 1.87. The first kappa shape index (κ1) is 8.40. The smallest absolute Gasteiger partial charge is 0.122 e. The molecule has 0 aromatic rings. The second-order valence-electron chi connectivity index (χ2n) is 2.46. The lowest BCUT2D eigenvalue weighted by molar-refractivity contribution is -0.111. The molecule has 0 radical (unpaired) electrons. The molecule has 0 aliphatic carbocycles. The summed E-state index contributed by atoms with van der Waals surface area (Å²) in [7, 11) is 1.81. The Hall–Kier alpha value is -0.595. The van der Waals surface area contributed by atoms with Gasteiger partial charge in [0.05, 0.1) is 0 Å². The van der Waals surface area contributed by atoms with Crippen molar-refractivity contribution < 1.29 is 9.59 Å². The van der Waals surface area contributed by atoms with Crippen molar-refractivity contribution in [2.45, 2.75) is 19.2 Å². The molecule has 0 aromatic heterocycles. The van der Waals surface area contributed by atoms with E-state index in [0.717, 1.165) is 12.6 Å². The Bertz CT molecular complexity index is 91.2. The molecule has 0 bridgehead atoms. The maximum absolute atomic E-state index is 10.0. The van der Waals surface area contributed by atoms with Gasteiger partial charge in [-0.05, 0) is 12.2 Å². The van der Waals surface area contributed by atoms with Crippen LogP contribution in [0.3, 0.4) is 0 Å². The fourth-order valence-corrected chi connectivity index (χ4v) is 0.698. The van der Waals surface area contributed by atoms with E-state index in [1.807, 2.05) is 14.8 Å². The molecule has 2 atom stereocenters. The zero-order valence-corrected chi connectivity index (χ0v) is 5.83. The summed E-state index contributed by atoms with van der Waals surface area (Å²) in [6.45, 7) is 1.81. The summed E-state index contributed by atoms with van der Waals surface area (Å²) in [5.41, 5.74) is 0. The fourth-order valence-electron chi connectivity index (χ4n) is 0.698. The molecule has 0 spiro atoms. The molecule has 0 rings (SSSR count). The summed E-state index contributed by atoms with van der Waals surface area (Å²) in [4.78, 5) is 20.1. The van der Waals surface area contributed by atoms with Crippen molar-refractivity contribution in [2.24, 2.45) is 5.92 Å². The van der Waals surface area contributed by atoms with E-state index in [-0.39, 0.29) is 11.7 Å². The topological polar surface area (TPSA) is 34.1 Å². The number of aldehydes is 2. The minimum atomic E-state index is 0.0187. The van der Waals surface area contributed by atoms with Crippen LogP contribution in [0.15, 0.2) is 0 Å². The van der Waals surface area contributed by atoms with Crippen molar-refractivity contribution in [1.29, 1.82) is 0 Å². The van der Waals surface area contributed by atoms with Gasteiger partial charge in [0.2, 0.25) is 0 Å². The van der Waals surface area contributed by atoms with Crippen LogP contribution in [0.4, 0.5) is 0 Å². The number of carbonyl (C=O) groups is 2. The van der Waals surface area contributed by atoms with E-state index in [9.17, 15) is 9.59 Å². The molecule has 0 N–H and O–H groups in total. The summed E-state index contributed by atoms with van der Waals surface area (Å²) in [5, 5.41) is 0. The van der Waals surface area contributed by atoms with Crippen LogP contribution in [-0.2, 0) is 9.59 Å². The maximum Gasteiger partial charge on any atom is 0.122 e. The largest absolute Gasteiger partial charge is 0.304 e. The minimum absolute atomic E-state index is 0.0187. The molecule has 0 aromatic carbocycles. The second-order valence-corrected chi connectivity index (χ2v) is 2.46. The van der Waals surface area contributed by atoms with Crippen molar-refractivity contribution in [3.63, 3.8) is 0 Å². The van der Waals surface area contributed by atoms with Crippen molar-refractivity contribution in [3.8, 4) is 0 Å². The van der Waals surface area contributed by atoms with Crippen LogP contribution in [0.1, 0.15) is 13.3 Å². The first-order chi connectivity index (χ1) is 4.20. The summed E-state index contributed by atoms with van der Waals surface area (Å²) >= 11 is 0. The predicted octanol–water partition coefficient (Wildman–Crippen LogP) is -0.168. The highest BCUT2D eigenvalue weighted by Gasteiger charge is 2.05. The van der Waals surface area contributed by atoms with Crippen molar-refractivity contribution >= 4 is 20.4 Å². The van der Waals surface area contributed by atoms with E-state index < -0.39 is 0 Å². The average molecular weight is 126 g/mol. The zero-order valence-electron chi connectivity index (χ0n) is 5.83. The van der Waals surface area contributed by atoms with Gasteiger partial charge in [-0.2, -0.15) is 0 Å². The number of carbonyl (C=O) groups excluding carboxylic acids is 2. The Morgan fingerprint density at radius 2 is 2.00 bits per heavy atom. The van der Waals surface area contributed by atoms with Crippen molar-refractivity contribution in [1.82, 2.24) is 0 Å². The highest BCUT2D eigenvalue weighted by atomic mass is 16.1. The number of hydrogen-bond acceptors (Lipinski definition) is 2. The SMILES string of the molecule is BC(C=O)CC(C)C=O. The van der Waals surface area contributed by atoms with E-state index in [4.69, 9.17) is 0 Å². The van der Waals surface area contributed by atoms with Crippen LogP contribution in [-0.4, -0.2) is 20.4 Å². The highest BCUT2D eigenvalue weighted by Crippen LogP contribution is 2.08. The minimum Gasteiger partial charge on any atom is -0.304 e. The van der Waals surface area contributed by atoms with Gasteiger partial charge < -0.3 is 9.59 Å². The van der Waals surface area contributed by atoms with Crippen LogP contribution in [0.25, 0.3) is 0 Å². The molecule has 0 aliphatic heterocycles. The molecule has 2 nitrogen and oxygen atoms in total. The Morgan fingerprint density at radius 3 is 2.33 bits per heavy atom. The van der Waals surface area contributed by atoms with Crippen LogP contribution in [0.2, 0.25) is 5.82 Å². The monoisotopic (exact) mass is 126 g/mol. The molecule has 0 amide bonds. The summed E-state index contributed by atoms with van der Waals surface area (Å²) in [5.74, 6) is 0.0374. The van der Waals surface area contributed by atoms with E-state index in [2.05, 4.69) is 0 Å². The van der Waals surface area contributed by atoms with Crippen LogP contribution < -0.4 is 0 Å². The Kier molecular flexibility index (Phi) is 4.02. The third-order valence-electron chi connectivity index (χ3n) is 1.21. The van der Waals surface area contributed by atoms with Gasteiger partial charge in [0.1, 0.15) is 20.4 Å². The summed E-state index contributed by atoms with van der Waals surface area (Å²) < 4.78 is 0. The maximum atomic E-state index is 10.0. The number of hydrogen-bond donors (Lipinski definition) is 0. The lowest BCUT2D eigenvalue weighted by atomic mass is 9.82. The lowest BCUT2D eigenvalue weighted by Gasteiger charge is -2.03. The van der Waals surface area contributed by atoms with Gasteiger partial charge in [0.25, 0.3) is 0 Å². The molecular weight excluding hydrogens is 115 g/mol. The first-order valence-electron chi connectivity index (χ1n) is 3.11.